The summed E-state index contributed by atoms with van der Waals surface area (Å²) in [6, 6.07) is 31.0. The van der Waals surface area contributed by atoms with E-state index in [4.69, 9.17) is 0 Å². The predicted octanol–water partition coefficient (Wildman–Crippen LogP) is 6.20. The first-order valence-electron chi connectivity index (χ1n) is 9.88. The molecule has 0 saturated heterocycles. The molecule has 1 heterocycles. The summed E-state index contributed by atoms with van der Waals surface area (Å²) in [5, 5.41) is 9.20. The summed E-state index contributed by atoms with van der Waals surface area (Å²) in [7, 11) is 0. The number of nitrogens with one attached hydrogen (secondary N) is 1. The normalized spacial score (nSPS) is 11.4. The Labute approximate surface area is 174 Å². The van der Waals surface area contributed by atoms with Crippen LogP contribution in [0, 0.1) is 6.92 Å². The number of anilines is 1. The van der Waals surface area contributed by atoms with E-state index in [1.165, 1.54) is 10.8 Å². The van der Waals surface area contributed by atoms with Crippen LogP contribution in [0.5, 0.6) is 0 Å². The van der Waals surface area contributed by atoms with E-state index in [0.717, 1.165) is 33.3 Å². The third-order valence-corrected chi connectivity index (χ3v) is 5.09. The van der Waals surface area contributed by atoms with Crippen LogP contribution in [0.3, 0.4) is 0 Å². The molecule has 4 aromatic carbocycles. The van der Waals surface area contributed by atoms with E-state index in [-0.39, 0.29) is 0 Å². The molecular weight excluding hydrogens is 368 g/mol. The fourth-order valence-corrected chi connectivity index (χ4v) is 3.72. The number of benzene rings is 4. The van der Waals surface area contributed by atoms with Crippen LogP contribution in [0.15, 0.2) is 96.1 Å². The zero-order valence-electron chi connectivity index (χ0n) is 16.6. The molecule has 0 amide bonds. The molecule has 1 N–H and O–H groups in total. The monoisotopic (exact) mass is 388 g/mol. The van der Waals surface area contributed by atoms with Crippen LogP contribution < -0.4 is 5.43 Å². The van der Waals surface area contributed by atoms with E-state index >= 15 is 0 Å². The van der Waals surface area contributed by atoms with E-state index in [9.17, 15) is 0 Å². The molecule has 4 nitrogen and oxygen atoms in total. The van der Waals surface area contributed by atoms with E-state index < -0.39 is 0 Å². The highest BCUT2D eigenvalue weighted by Crippen LogP contribution is 2.27. The average molecular weight is 388 g/mol. The standard InChI is InChI=1S/C26H20N4/c1-18-15-25(19-9-3-2-4-10-19)29-26(28-18)30-27-17-24-22-13-7-5-11-20(22)16-21-12-6-8-14-23(21)24/h2-17H,1H3,(H,28,29,30). The molecule has 0 unspecified atom stereocenters. The number of aromatic nitrogens is 2. The maximum absolute atomic E-state index is 4.62. The Balaban J connectivity index is 1.52. The summed E-state index contributed by atoms with van der Waals surface area (Å²) >= 11 is 0. The lowest BCUT2D eigenvalue weighted by Crippen LogP contribution is -2.00. The van der Waals surface area contributed by atoms with E-state index in [0.29, 0.717) is 5.95 Å². The number of hydrogen-bond donors (Lipinski definition) is 1. The van der Waals surface area contributed by atoms with Crippen molar-refractivity contribution in [3.05, 3.63) is 102 Å². The minimum Gasteiger partial charge on any atom is -0.245 e. The van der Waals surface area contributed by atoms with Gasteiger partial charge in [-0.25, -0.2) is 15.4 Å². The third kappa shape index (κ3) is 3.51. The first-order valence-corrected chi connectivity index (χ1v) is 9.88. The average Bonchev–Trinajstić information content (AvgIpc) is 2.79. The van der Waals surface area contributed by atoms with Crippen LogP contribution >= 0.6 is 0 Å². The van der Waals surface area contributed by atoms with Crippen molar-refractivity contribution in [2.45, 2.75) is 6.92 Å². The zero-order chi connectivity index (χ0) is 20.3. The first kappa shape index (κ1) is 18.0. The molecule has 0 aliphatic heterocycles. The Morgan fingerprint density at radius 3 is 2.07 bits per heavy atom. The van der Waals surface area contributed by atoms with Gasteiger partial charge in [0.2, 0.25) is 5.95 Å². The number of aryl methyl sites for hydroxylation is 1. The van der Waals surface area contributed by atoms with Crippen LogP contribution in [0.4, 0.5) is 5.95 Å². The Bertz CT molecular complexity index is 1320. The molecule has 5 aromatic rings. The number of fused-ring (bicyclic) bond motifs is 2. The molecule has 1 aromatic heterocycles. The van der Waals surface area contributed by atoms with Crippen molar-refractivity contribution in [1.82, 2.24) is 9.97 Å². The Morgan fingerprint density at radius 2 is 1.37 bits per heavy atom. The van der Waals surface area contributed by atoms with Gasteiger partial charge >= 0.3 is 0 Å². The van der Waals surface area contributed by atoms with Crippen molar-refractivity contribution in [2.24, 2.45) is 5.10 Å². The summed E-state index contributed by atoms with van der Waals surface area (Å²) < 4.78 is 0. The molecule has 30 heavy (non-hydrogen) atoms. The minimum atomic E-state index is 0.481. The predicted molar refractivity (Wildman–Crippen MR) is 125 cm³/mol. The van der Waals surface area contributed by atoms with Gasteiger partial charge in [0.05, 0.1) is 11.9 Å². The fraction of sp³-hybridized carbons (Fsp3) is 0.0385. The van der Waals surface area contributed by atoms with Crippen LogP contribution in [0.2, 0.25) is 0 Å². The zero-order valence-corrected chi connectivity index (χ0v) is 16.6. The quantitative estimate of drug-likeness (QED) is 0.226. The minimum absolute atomic E-state index is 0.481. The smallest absolute Gasteiger partial charge is 0.244 e. The van der Waals surface area contributed by atoms with Crippen LogP contribution in [-0.2, 0) is 0 Å². The Hall–Kier alpha value is -4.05. The molecule has 0 spiro atoms. The third-order valence-electron chi connectivity index (χ3n) is 5.09. The van der Waals surface area contributed by atoms with Gasteiger partial charge in [0.25, 0.3) is 0 Å². The first-order chi connectivity index (χ1) is 14.8. The molecule has 0 fully saturated rings. The second kappa shape index (κ2) is 7.76. The van der Waals surface area contributed by atoms with Crippen molar-refractivity contribution in [3.63, 3.8) is 0 Å². The van der Waals surface area contributed by atoms with Gasteiger partial charge in [-0.3, -0.25) is 0 Å². The molecule has 0 atom stereocenters. The number of nitrogens with zero attached hydrogens (tertiary/aromatic N) is 3. The summed E-state index contributed by atoms with van der Waals surface area (Å²) in [6.45, 7) is 1.96. The van der Waals surface area contributed by atoms with E-state index in [1.54, 1.807) is 0 Å². The van der Waals surface area contributed by atoms with E-state index in [2.05, 4.69) is 75.1 Å². The van der Waals surface area contributed by atoms with Gasteiger partial charge in [0.15, 0.2) is 0 Å². The summed E-state index contributed by atoms with van der Waals surface area (Å²) in [5.41, 5.74) is 6.91. The van der Waals surface area contributed by atoms with Crippen LogP contribution in [0.1, 0.15) is 11.3 Å². The molecule has 5 rings (SSSR count). The Morgan fingerprint density at radius 1 is 0.733 bits per heavy atom. The maximum Gasteiger partial charge on any atom is 0.244 e. The highest BCUT2D eigenvalue weighted by molar-refractivity contribution is 6.13. The van der Waals surface area contributed by atoms with Gasteiger partial charge in [-0.05, 0) is 40.6 Å². The van der Waals surface area contributed by atoms with Crippen molar-refractivity contribution in [1.29, 1.82) is 0 Å². The van der Waals surface area contributed by atoms with E-state index in [1.807, 2.05) is 49.5 Å². The van der Waals surface area contributed by atoms with Crippen molar-refractivity contribution < 1.29 is 0 Å². The second-order valence-electron chi connectivity index (χ2n) is 7.19. The van der Waals surface area contributed by atoms with Gasteiger partial charge in [-0.2, -0.15) is 5.10 Å². The molecule has 0 aliphatic rings. The fourth-order valence-electron chi connectivity index (χ4n) is 3.72. The van der Waals surface area contributed by atoms with Crippen molar-refractivity contribution >= 4 is 33.7 Å². The summed E-state index contributed by atoms with van der Waals surface area (Å²) in [5.74, 6) is 0.481. The summed E-state index contributed by atoms with van der Waals surface area (Å²) in [6.07, 6.45) is 1.86. The highest BCUT2D eigenvalue weighted by atomic mass is 15.3. The van der Waals surface area contributed by atoms with Crippen LogP contribution in [-0.4, -0.2) is 16.2 Å². The van der Waals surface area contributed by atoms with Gasteiger partial charge in [-0.15, -0.1) is 0 Å². The number of hydrogen-bond acceptors (Lipinski definition) is 4. The maximum atomic E-state index is 4.62. The van der Waals surface area contributed by atoms with Gasteiger partial charge in [0, 0.05) is 16.8 Å². The van der Waals surface area contributed by atoms with Crippen LogP contribution in [0.25, 0.3) is 32.8 Å². The van der Waals surface area contributed by atoms with Crippen molar-refractivity contribution in [2.75, 3.05) is 5.43 Å². The topological polar surface area (TPSA) is 50.2 Å². The molecule has 0 bridgehead atoms. The molecule has 0 aliphatic carbocycles. The molecule has 4 heteroatoms. The lowest BCUT2D eigenvalue weighted by Gasteiger charge is -2.08. The number of rotatable bonds is 4. The molecule has 144 valence electrons. The molecular formula is C26H20N4. The largest absolute Gasteiger partial charge is 0.245 e. The van der Waals surface area contributed by atoms with Gasteiger partial charge in [0.1, 0.15) is 0 Å². The molecule has 0 saturated carbocycles. The van der Waals surface area contributed by atoms with Gasteiger partial charge < -0.3 is 0 Å². The van der Waals surface area contributed by atoms with Crippen molar-refractivity contribution in [3.8, 4) is 11.3 Å². The second-order valence-corrected chi connectivity index (χ2v) is 7.19. The number of hydrazone groups is 1. The summed E-state index contributed by atoms with van der Waals surface area (Å²) in [4.78, 5) is 9.10. The highest BCUT2D eigenvalue weighted by Gasteiger charge is 2.06. The van der Waals surface area contributed by atoms with Gasteiger partial charge in [-0.1, -0.05) is 78.9 Å². The lowest BCUT2D eigenvalue weighted by atomic mass is 9.97. The SMILES string of the molecule is Cc1cc(-c2ccccc2)nc(NN=Cc2c3ccccc3cc3ccccc23)n1. The lowest BCUT2D eigenvalue weighted by molar-refractivity contribution is 1.08. The molecule has 0 radical (unpaired) electrons. The Kier molecular flexibility index (Phi) is 4.66.